The van der Waals surface area contributed by atoms with Gasteiger partial charge in [-0.1, -0.05) is 48.5 Å². The number of amides is 2. The van der Waals surface area contributed by atoms with Gasteiger partial charge in [0.1, 0.15) is 5.82 Å². The highest BCUT2D eigenvalue weighted by molar-refractivity contribution is 5.95. The second-order valence-corrected chi connectivity index (χ2v) is 7.39. The second kappa shape index (κ2) is 8.91. The summed E-state index contributed by atoms with van der Waals surface area (Å²) in [5.74, 6) is -0.655. The summed E-state index contributed by atoms with van der Waals surface area (Å²) in [4.78, 5) is 29.1. The van der Waals surface area contributed by atoms with Gasteiger partial charge in [-0.2, -0.15) is 0 Å². The van der Waals surface area contributed by atoms with E-state index in [9.17, 15) is 14.0 Å². The van der Waals surface area contributed by atoms with E-state index in [1.54, 1.807) is 15.9 Å². The van der Waals surface area contributed by atoms with Gasteiger partial charge in [0.25, 0.3) is 11.8 Å². The van der Waals surface area contributed by atoms with Gasteiger partial charge in [0.2, 0.25) is 0 Å². The molecule has 0 bridgehead atoms. The first-order valence-corrected chi connectivity index (χ1v) is 10.1. The molecule has 4 nitrogen and oxygen atoms in total. The SMILES string of the molecule is O=C(c1ccc(-c2ccccc2)cc1)N1CCCN(C(=O)c2cccc(F)c2)CC1. The van der Waals surface area contributed by atoms with Crippen molar-refractivity contribution >= 4 is 11.8 Å². The maximum absolute atomic E-state index is 13.4. The summed E-state index contributed by atoms with van der Waals surface area (Å²) in [6.45, 7) is 2.03. The molecule has 3 aromatic rings. The Morgan fingerprint density at radius 1 is 0.633 bits per heavy atom. The summed E-state index contributed by atoms with van der Waals surface area (Å²) < 4.78 is 13.4. The molecule has 1 fully saturated rings. The molecule has 0 spiro atoms. The van der Waals surface area contributed by atoms with E-state index in [2.05, 4.69) is 0 Å². The van der Waals surface area contributed by atoms with Crippen LogP contribution in [0.25, 0.3) is 11.1 Å². The minimum absolute atomic E-state index is 0.0327. The molecular formula is C25H23FN2O2. The van der Waals surface area contributed by atoms with Crippen LogP contribution in [-0.4, -0.2) is 47.8 Å². The van der Waals surface area contributed by atoms with Gasteiger partial charge in [-0.05, 0) is 47.9 Å². The highest BCUT2D eigenvalue weighted by Gasteiger charge is 2.23. The zero-order valence-electron chi connectivity index (χ0n) is 16.6. The average molecular weight is 402 g/mol. The molecule has 0 unspecified atom stereocenters. The number of nitrogens with zero attached hydrogens (tertiary/aromatic N) is 2. The topological polar surface area (TPSA) is 40.6 Å². The summed E-state index contributed by atoms with van der Waals surface area (Å²) >= 11 is 0. The van der Waals surface area contributed by atoms with Crippen molar-refractivity contribution in [3.8, 4) is 11.1 Å². The zero-order chi connectivity index (χ0) is 20.9. The Bertz CT molecular complexity index is 1030. The summed E-state index contributed by atoms with van der Waals surface area (Å²) in [7, 11) is 0. The maximum Gasteiger partial charge on any atom is 0.254 e. The molecule has 4 rings (SSSR count). The minimum Gasteiger partial charge on any atom is -0.337 e. The van der Waals surface area contributed by atoms with Crippen LogP contribution >= 0.6 is 0 Å². The molecule has 0 N–H and O–H groups in total. The lowest BCUT2D eigenvalue weighted by Crippen LogP contribution is -2.37. The van der Waals surface area contributed by atoms with E-state index < -0.39 is 5.82 Å². The number of benzene rings is 3. The molecule has 1 aliphatic heterocycles. The standard InChI is InChI=1S/C25H23FN2O2/c26-23-9-4-8-22(18-23)25(30)28-15-5-14-27(16-17-28)24(29)21-12-10-20(11-13-21)19-6-2-1-3-7-19/h1-4,6-13,18H,5,14-17H2. The van der Waals surface area contributed by atoms with E-state index in [0.29, 0.717) is 43.7 Å². The van der Waals surface area contributed by atoms with Crippen LogP contribution in [0.2, 0.25) is 0 Å². The van der Waals surface area contributed by atoms with Crippen molar-refractivity contribution in [2.75, 3.05) is 26.2 Å². The fourth-order valence-electron chi connectivity index (χ4n) is 3.75. The predicted molar refractivity (Wildman–Crippen MR) is 115 cm³/mol. The lowest BCUT2D eigenvalue weighted by molar-refractivity contribution is 0.0718. The molecule has 1 saturated heterocycles. The molecule has 0 aromatic heterocycles. The van der Waals surface area contributed by atoms with E-state index in [0.717, 1.165) is 11.1 Å². The van der Waals surface area contributed by atoms with Crippen molar-refractivity contribution in [3.05, 3.63) is 95.8 Å². The van der Waals surface area contributed by atoms with Crippen LogP contribution in [0.1, 0.15) is 27.1 Å². The van der Waals surface area contributed by atoms with Gasteiger partial charge in [0, 0.05) is 37.3 Å². The zero-order valence-corrected chi connectivity index (χ0v) is 16.6. The number of hydrogen-bond acceptors (Lipinski definition) is 2. The number of rotatable bonds is 3. The van der Waals surface area contributed by atoms with Crippen molar-refractivity contribution < 1.29 is 14.0 Å². The highest BCUT2D eigenvalue weighted by Crippen LogP contribution is 2.20. The molecule has 0 saturated carbocycles. The van der Waals surface area contributed by atoms with E-state index in [-0.39, 0.29) is 11.8 Å². The normalized spacial score (nSPS) is 14.3. The first-order valence-electron chi connectivity index (χ1n) is 10.1. The van der Waals surface area contributed by atoms with Gasteiger partial charge >= 0.3 is 0 Å². The molecule has 1 aliphatic rings. The minimum atomic E-state index is -0.425. The third kappa shape index (κ3) is 4.40. The predicted octanol–water partition coefficient (Wildman–Crippen LogP) is 4.48. The van der Waals surface area contributed by atoms with Gasteiger partial charge < -0.3 is 9.80 Å². The Hall–Kier alpha value is -3.47. The fraction of sp³-hybridized carbons (Fsp3) is 0.200. The van der Waals surface area contributed by atoms with E-state index in [1.807, 2.05) is 54.6 Å². The van der Waals surface area contributed by atoms with Crippen LogP contribution in [0.3, 0.4) is 0 Å². The third-order valence-corrected chi connectivity index (χ3v) is 5.38. The molecule has 0 aliphatic carbocycles. The molecule has 3 aromatic carbocycles. The monoisotopic (exact) mass is 402 g/mol. The van der Waals surface area contributed by atoms with E-state index in [1.165, 1.54) is 18.2 Å². The molecular weight excluding hydrogens is 379 g/mol. The Kier molecular flexibility index (Phi) is 5.89. The van der Waals surface area contributed by atoms with Gasteiger partial charge in [0.05, 0.1) is 0 Å². The highest BCUT2D eigenvalue weighted by atomic mass is 19.1. The third-order valence-electron chi connectivity index (χ3n) is 5.38. The van der Waals surface area contributed by atoms with Crippen molar-refractivity contribution in [1.29, 1.82) is 0 Å². The molecule has 5 heteroatoms. The van der Waals surface area contributed by atoms with Crippen LogP contribution in [0.4, 0.5) is 4.39 Å². The number of carbonyl (C=O) groups excluding carboxylic acids is 2. The van der Waals surface area contributed by atoms with Crippen molar-refractivity contribution in [2.24, 2.45) is 0 Å². The molecule has 30 heavy (non-hydrogen) atoms. The van der Waals surface area contributed by atoms with Crippen LogP contribution in [0.15, 0.2) is 78.9 Å². The average Bonchev–Trinajstić information content (AvgIpc) is 3.05. The molecule has 0 atom stereocenters. The quantitative estimate of drug-likeness (QED) is 0.648. The summed E-state index contributed by atoms with van der Waals surface area (Å²) in [6.07, 6.45) is 0.689. The number of carbonyl (C=O) groups is 2. The van der Waals surface area contributed by atoms with E-state index >= 15 is 0 Å². The number of hydrogen-bond donors (Lipinski definition) is 0. The Balaban J connectivity index is 1.41. The van der Waals surface area contributed by atoms with Crippen LogP contribution in [0.5, 0.6) is 0 Å². The molecule has 2 amide bonds. The maximum atomic E-state index is 13.4. The lowest BCUT2D eigenvalue weighted by atomic mass is 10.0. The van der Waals surface area contributed by atoms with Crippen LogP contribution < -0.4 is 0 Å². The van der Waals surface area contributed by atoms with Gasteiger partial charge in [-0.15, -0.1) is 0 Å². The lowest BCUT2D eigenvalue weighted by Gasteiger charge is -2.22. The van der Waals surface area contributed by atoms with E-state index in [4.69, 9.17) is 0 Å². The fourth-order valence-corrected chi connectivity index (χ4v) is 3.75. The molecule has 152 valence electrons. The van der Waals surface area contributed by atoms with Crippen LogP contribution in [0, 0.1) is 5.82 Å². The first-order chi connectivity index (χ1) is 14.6. The number of halogens is 1. The van der Waals surface area contributed by atoms with Gasteiger partial charge in [0.15, 0.2) is 0 Å². The van der Waals surface area contributed by atoms with Crippen molar-refractivity contribution in [3.63, 3.8) is 0 Å². The van der Waals surface area contributed by atoms with Crippen molar-refractivity contribution in [1.82, 2.24) is 9.80 Å². The Morgan fingerprint density at radius 2 is 1.23 bits per heavy atom. The second-order valence-electron chi connectivity index (χ2n) is 7.39. The molecule has 1 heterocycles. The first kappa shape index (κ1) is 19.8. The van der Waals surface area contributed by atoms with Gasteiger partial charge in [-0.3, -0.25) is 9.59 Å². The van der Waals surface area contributed by atoms with Crippen molar-refractivity contribution in [2.45, 2.75) is 6.42 Å². The van der Waals surface area contributed by atoms with Crippen LogP contribution in [-0.2, 0) is 0 Å². The summed E-state index contributed by atoms with van der Waals surface area (Å²) in [5.41, 5.74) is 3.15. The summed E-state index contributed by atoms with van der Waals surface area (Å²) in [5, 5.41) is 0. The Morgan fingerprint density at radius 3 is 1.87 bits per heavy atom. The van der Waals surface area contributed by atoms with Gasteiger partial charge in [-0.25, -0.2) is 4.39 Å². The summed E-state index contributed by atoms with van der Waals surface area (Å²) in [6, 6.07) is 23.4. The smallest absolute Gasteiger partial charge is 0.254 e. The largest absolute Gasteiger partial charge is 0.337 e. The Labute approximate surface area is 175 Å². The molecule has 0 radical (unpaired) electrons.